The minimum Gasteiger partial charge on any atom is -0.492 e. The lowest BCUT2D eigenvalue weighted by Gasteiger charge is -2.31. The fraction of sp³-hybridized carbons (Fsp3) is 0.444. The molecule has 0 radical (unpaired) electrons. The van der Waals surface area contributed by atoms with Crippen LogP contribution in [0.3, 0.4) is 0 Å². The first-order chi connectivity index (χ1) is 22.0. The summed E-state index contributed by atoms with van der Waals surface area (Å²) < 4.78 is 33.0. The number of anilines is 1. The Hall–Kier alpha value is -3.66. The summed E-state index contributed by atoms with van der Waals surface area (Å²) in [5.74, 6) is -0.153. The average molecular weight is 652 g/mol. The molecule has 2 atom stereocenters. The summed E-state index contributed by atoms with van der Waals surface area (Å²) in [4.78, 5) is 31.6. The highest BCUT2D eigenvalue weighted by molar-refractivity contribution is 6.30. The normalized spacial score (nSPS) is 18.7. The van der Waals surface area contributed by atoms with Gasteiger partial charge in [-0.05, 0) is 61.7 Å². The Balaban J connectivity index is 1.49. The molecule has 10 heteroatoms. The van der Waals surface area contributed by atoms with Crippen LogP contribution in [-0.2, 0) is 20.9 Å². The Morgan fingerprint density at radius 2 is 1.83 bits per heavy atom. The molecule has 0 bridgehead atoms. The molecule has 0 aromatic heterocycles. The molecule has 2 aliphatic rings. The molecule has 5 rings (SSSR count). The van der Waals surface area contributed by atoms with E-state index in [4.69, 9.17) is 25.8 Å². The number of halogens is 2. The van der Waals surface area contributed by atoms with E-state index in [1.165, 1.54) is 18.9 Å². The van der Waals surface area contributed by atoms with Crippen molar-refractivity contribution in [3.05, 3.63) is 88.2 Å². The predicted octanol–water partition coefficient (Wildman–Crippen LogP) is 6.54. The average Bonchev–Trinajstić information content (AvgIpc) is 3.51. The number of methoxy groups -OCH3 is 1. The quantitative estimate of drug-likeness (QED) is 0.254. The summed E-state index contributed by atoms with van der Waals surface area (Å²) in [6.07, 6.45) is 0.174. The highest BCUT2D eigenvalue weighted by Gasteiger charge is 2.40. The first kappa shape index (κ1) is 33.7. The number of rotatable bonds is 11. The van der Waals surface area contributed by atoms with E-state index in [1.54, 1.807) is 42.3 Å². The lowest BCUT2D eigenvalue weighted by atomic mass is 9.94. The van der Waals surface area contributed by atoms with Crippen LogP contribution >= 0.6 is 11.6 Å². The van der Waals surface area contributed by atoms with Gasteiger partial charge in [0.2, 0.25) is 5.91 Å². The van der Waals surface area contributed by atoms with Crippen LogP contribution in [0.2, 0.25) is 5.02 Å². The maximum Gasteiger partial charge on any atom is 0.256 e. The number of ether oxygens (including phenoxy) is 3. The van der Waals surface area contributed by atoms with E-state index in [0.717, 1.165) is 19.6 Å². The van der Waals surface area contributed by atoms with Crippen LogP contribution in [0.5, 0.6) is 11.5 Å². The fourth-order valence-corrected chi connectivity index (χ4v) is 6.20. The van der Waals surface area contributed by atoms with Crippen LogP contribution in [0, 0.1) is 11.2 Å². The van der Waals surface area contributed by atoms with Gasteiger partial charge < -0.3 is 24.4 Å². The first-order valence-electron chi connectivity index (χ1n) is 15.8. The summed E-state index contributed by atoms with van der Waals surface area (Å²) in [5, 5.41) is 3.23. The maximum absolute atomic E-state index is 14.3. The summed E-state index contributed by atoms with van der Waals surface area (Å²) >= 11 is 6.55. The SMILES string of the molecule is COc1c(OCCN2CCCC2)cccc1[C@H]1O[C@H](CC(=O)NCc2ccccc2F)C(=O)N(CC(C)(C)C)c2ccc(Cl)cc21. The van der Waals surface area contributed by atoms with Gasteiger partial charge in [-0.15, -0.1) is 0 Å². The third-order valence-electron chi connectivity index (χ3n) is 8.20. The van der Waals surface area contributed by atoms with Crippen molar-refractivity contribution >= 4 is 29.1 Å². The van der Waals surface area contributed by atoms with Crippen molar-refractivity contribution in [3.8, 4) is 11.5 Å². The lowest BCUT2D eigenvalue weighted by molar-refractivity contribution is -0.138. The van der Waals surface area contributed by atoms with Crippen LogP contribution in [0.1, 0.15) is 62.8 Å². The zero-order valence-corrected chi connectivity index (χ0v) is 27.7. The maximum atomic E-state index is 14.3. The van der Waals surface area contributed by atoms with E-state index >= 15 is 0 Å². The number of para-hydroxylation sites is 1. The second-order valence-corrected chi connectivity index (χ2v) is 13.5. The minimum absolute atomic E-state index is 0.0119. The van der Waals surface area contributed by atoms with Gasteiger partial charge in [-0.3, -0.25) is 14.5 Å². The van der Waals surface area contributed by atoms with E-state index in [0.29, 0.717) is 52.1 Å². The monoisotopic (exact) mass is 651 g/mol. The van der Waals surface area contributed by atoms with E-state index in [9.17, 15) is 14.0 Å². The van der Waals surface area contributed by atoms with E-state index in [2.05, 4.69) is 10.2 Å². The summed E-state index contributed by atoms with van der Waals surface area (Å²) in [5.41, 5.74) is 2.04. The molecule has 0 saturated carbocycles. The van der Waals surface area contributed by atoms with Crippen LogP contribution in [0.4, 0.5) is 10.1 Å². The van der Waals surface area contributed by atoms with Gasteiger partial charge in [0.15, 0.2) is 11.5 Å². The Bertz CT molecular complexity index is 1540. The van der Waals surface area contributed by atoms with E-state index in [1.807, 2.05) is 45.0 Å². The number of hydrogen-bond donors (Lipinski definition) is 1. The van der Waals surface area contributed by atoms with Gasteiger partial charge in [-0.2, -0.15) is 0 Å². The Morgan fingerprint density at radius 1 is 1.07 bits per heavy atom. The molecule has 0 spiro atoms. The second-order valence-electron chi connectivity index (χ2n) is 13.0. The van der Waals surface area contributed by atoms with Crippen molar-refractivity contribution in [2.45, 2.75) is 58.8 Å². The van der Waals surface area contributed by atoms with Crippen molar-refractivity contribution in [3.63, 3.8) is 0 Å². The van der Waals surface area contributed by atoms with Gasteiger partial charge in [0.1, 0.15) is 24.6 Å². The number of nitrogens with zero attached hydrogens (tertiary/aromatic N) is 2. The lowest BCUT2D eigenvalue weighted by Crippen LogP contribution is -2.45. The van der Waals surface area contributed by atoms with E-state index in [-0.39, 0.29) is 24.3 Å². The molecule has 0 aliphatic carbocycles. The molecule has 246 valence electrons. The van der Waals surface area contributed by atoms with Gasteiger partial charge in [0.25, 0.3) is 5.91 Å². The number of likely N-dealkylation sites (tertiary alicyclic amines) is 1. The van der Waals surface area contributed by atoms with Crippen LogP contribution < -0.4 is 19.7 Å². The standard InChI is InChI=1S/C36H43ClFN3O5/c1-36(2,3)23-41-29-15-14-25(37)20-27(29)33(26-11-9-13-30(34(26)44-4)45-19-18-40-16-7-8-17-40)46-31(35(41)43)21-32(42)39-22-24-10-5-6-12-28(24)38/h5-6,9-15,20,31,33H,7-8,16-19,21-23H2,1-4H3,(H,39,42)/t31-,33-/m1/s1. The molecule has 3 aromatic carbocycles. The number of benzene rings is 3. The van der Waals surface area contributed by atoms with Crippen molar-refractivity contribution in [1.82, 2.24) is 10.2 Å². The molecule has 2 aliphatic heterocycles. The van der Waals surface area contributed by atoms with E-state index < -0.39 is 23.9 Å². The van der Waals surface area contributed by atoms with Gasteiger partial charge in [-0.1, -0.05) is 62.7 Å². The smallest absolute Gasteiger partial charge is 0.256 e. The third kappa shape index (κ3) is 8.18. The van der Waals surface area contributed by atoms with Crippen LogP contribution in [-0.4, -0.2) is 62.7 Å². The Labute approximate surface area is 275 Å². The number of hydrogen-bond acceptors (Lipinski definition) is 6. The topological polar surface area (TPSA) is 80.3 Å². The Kier molecular flexibility index (Phi) is 10.9. The van der Waals surface area contributed by atoms with Crippen LogP contribution in [0.25, 0.3) is 0 Å². The zero-order chi connectivity index (χ0) is 32.8. The molecule has 1 fully saturated rings. The summed E-state index contributed by atoms with van der Waals surface area (Å²) in [6, 6.07) is 17.2. The second kappa shape index (κ2) is 14.8. The fourth-order valence-electron chi connectivity index (χ4n) is 6.02. The molecule has 0 unspecified atom stereocenters. The zero-order valence-electron chi connectivity index (χ0n) is 27.0. The van der Waals surface area contributed by atoms with Gasteiger partial charge in [0.05, 0.1) is 13.5 Å². The summed E-state index contributed by atoms with van der Waals surface area (Å²) in [6.45, 7) is 9.94. The summed E-state index contributed by atoms with van der Waals surface area (Å²) in [7, 11) is 1.58. The number of fused-ring (bicyclic) bond motifs is 1. The molecule has 8 nitrogen and oxygen atoms in total. The van der Waals surface area contributed by atoms with Crippen molar-refractivity contribution in [2.24, 2.45) is 5.41 Å². The third-order valence-corrected chi connectivity index (χ3v) is 8.44. The number of amides is 2. The molecule has 1 saturated heterocycles. The Morgan fingerprint density at radius 3 is 2.54 bits per heavy atom. The van der Waals surface area contributed by atoms with Crippen LogP contribution in [0.15, 0.2) is 60.7 Å². The minimum atomic E-state index is -1.15. The van der Waals surface area contributed by atoms with Crippen molar-refractivity contribution in [2.75, 3.05) is 44.8 Å². The van der Waals surface area contributed by atoms with Gasteiger partial charge >= 0.3 is 0 Å². The predicted molar refractivity (Wildman–Crippen MR) is 177 cm³/mol. The molecule has 1 N–H and O–H groups in total. The number of nitrogens with one attached hydrogen (secondary N) is 1. The molecular formula is C36H43ClFN3O5. The molecular weight excluding hydrogens is 609 g/mol. The highest BCUT2D eigenvalue weighted by atomic mass is 35.5. The first-order valence-corrected chi connectivity index (χ1v) is 16.2. The number of carbonyl (C=O) groups is 2. The van der Waals surface area contributed by atoms with Crippen molar-refractivity contribution in [1.29, 1.82) is 0 Å². The molecule has 2 heterocycles. The number of carbonyl (C=O) groups excluding carboxylic acids is 2. The highest BCUT2D eigenvalue weighted by Crippen LogP contribution is 2.45. The van der Waals surface area contributed by atoms with Gasteiger partial charge in [-0.25, -0.2) is 4.39 Å². The van der Waals surface area contributed by atoms with Gasteiger partial charge in [0, 0.05) is 47.0 Å². The largest absolute Gasteiger partial charge is 0.492 e. The van der Waals surface area contributed by atoms with Crippen molar-refractivity contribution < 1.29 is 28.2 Å². The molecule has 2 amide bonds. The molecule has 46 heavy (non-hydrogen) atoms. The molecule has 3 aromatic rings.